The highest BCUT2D eigenvalue weighted by molar-refractivity contribution is 7.15. The molecule has 0 saturated carbocycles. The molecule has 0 spiro atoms. The van der Waals surface area contributed by atoms with E-state index in [-0.39, 0.29) is 12.1 Å². The smallest absolute Gasteiger partial charge is 0.344 e. The highest BCUT2D eigenvalue weighted by Gasteiger charge is 2.37. The minimum Gasteiger partial charge on any atom is -0.344 e. The number of alkyl halides is 3. The van der Waals surface area contributed by atoms with E-state index in [4.69, 9.17) is 5.73 Å². The van der Waals surface area contributed by atoms with Crippen molar-refractivity contribution in [3.63, 3.8) is 0 Å². The van der Waals surface area contributed by atoms with Gasteiger partial charge in [-0.05, 0) is 19.8 Å². The molecule has 17 heavy (non-hydrogen) atoms. The van der Waals surface area contributed by atoms with Crippen LogP contribution in [-0.2, 0) is 6.18 Å². The third-order valence-electron chi connectivity index (χ3n) is 2.82. The van der Waals surface area contributed by atoms with Crippen molar-refractivity contribution in [3.05, 3.63) is 5.01 Å². The third-order valence-corrected chi connectivity index (χ3v) is 3.82. The molecule has 1 aliphatic heterocycles. The lowest BCUT2D eigenvalue weighted by Gasteiger charge is -2.35. The van der Waals surface area contributed by atoms with Crippen LogP contribution in [0.25, 0.3) is 0 Å². The van der Waals surface area contributed by atoms with Gasteiger partial charge in [-0.25, -0.2) is 0 Å². The van der Waals surface area contributed by atoms with E-state index in [2.05, 4.69) is 10.2 Å². The van der Waals surface area contributed by atoms with Crippen LogP contribution in [0.15, 0.2) is 0 Å². The number of nitrogens with two attached hydrogens (primary N) is 1. The fourth-order valence-corrected chi connectivity index (χ4v) is 2.78. The molecule has 96 valence electrons. The van der Waals surface area contributed by atoms with Crippen molar-refractivity contribution >= 4 is 16.5 Å². The Morgan fingerprint density at radius 3 is 2.65 bits per heavy atom. The fourth-order valence-electron chi connectivity index (χ4n) is 1.94. The van der Waals surface area contributed by atoms with Gasteiger partial charge in [0.05, 0.1) is 0 Å². The minimum atomic E-state index is -4.41. The Bertz CT molecular complexity index is 392. The van der Waals surface area contributed by atoms with Crippen LogP contribution in [-0.4, -0.2) is 28.8 Å². The molecule has 1 aromatic heterocycles. The molecule has 2 unspecified atom stereocenters. The molecule has 0 radical (unpaired) electrons. The van der Waals surface area contributed by atoms with Crippen molar-refractivity contribution in [1.29, 1.82) is 0 Å². The van der Waals surface area contributed by atoms with E-state index in [0.717, 1.165) is 12.8 Å². The summed E-state index contributed by atoms with van der Waals surface area (Å²) in [6.45, 7) is 2.57. The van der Waals surface area contributed by atoms with Gasteiger partial charge in [0.1, 0.15) is 0 Å². The van der Waals surface area contributed by atoms with Gasteiger partial charge >= 0.3 is 6.18 Å². The summed E-state index contributed by atoms with van der Waals surface area (Å²) in [5.41, 5.74) is 5.80. The Morgan fingerprint density at radius 2 is 2.12 bits per heavy atom. The molecule has 0 bridgehead atoms. The highest BCUT2D eigenvalue weighted by Crippen LogP contribution is 2.35. The van der Waals surface area contributed by atoms with E-state index >= 15 is 0 Å². The molecule has 0 amide bonds. The van der Waals surface area contributed by atoms with Crippen molar-refractivity contribution in [2.75, 3.05) is 11.4 Å². The molecule has 8 heteroatoms. The first kappa shape index (κ1) is 12.6. The number of aromatic nitrogens is 2. The van der Waals surface area contributed by atoms with E-state index in [0.29, 0.717) is 23.0 Å². The summed E-state index contributed by atoms with van der Waals surface area (Å²) < 4.78 is 37.2. The number of halogens is 3. The van der Waals surface area contributed by atoms with Gasteiger partial charge < -0.3 is 10.6 Å². The number of anilines is 1. The molecular weight excluding hydrogens is 253 g/mol. The standard InChI is InChI=1S/C9H13F3N4S/c1-5-4-6(13)2-3-16(5)8-15-14-7(17-8)9(10,11)12/h5-6H,2-4,13H2,1H3. The minimum absolute atomic E-state index is 0.104. The molecule has 2 atom stereocenters. The molecule has 2 heterocycles. The van der Waals surface area contributed by atoms with Gasteiger partial charge in [0.25, 0.3) is 0 Å². The Labute approximate surface area is 101 Å². The molecular formula is C9H13F3N4S. The fraction of sp³-hybridized carbons (Fsp3) is 0.778. The van der Waals surface area contributed by atoms with Crippen LogP contribution in [0, 0.1) is 0 Å². The molecule has 0 aliphatic carbocycles. The molecule has 1 aromatic rings. The van der Waals surface area contributed by atoms with Gasteiger partial charge in [-0.15, -0.1) is 10.2 Å². The molecule has 0 aromatic carbocycles. The zero-order valence-corrected chi connectivity index (χ0v) is 10.1. The van der Waals surface area contributed by atoms with Gasteiger partial charge in [-0.2, -0.15) is 13.2 Å². The maximum Gasteiger partial charge on any atom is 0.445 e. The first-order valence-corrected chi connectivity index (χ1v) is 6.12. The number of piperidine rings is 1. The Balaban J connectivity index is 2.15. The number of hydrogen-bond acceptors (Lipinski definition) is 5. The predicted octanol–water partition coefficient (Wildman–Crippen LogP) is 1.87. The first-order chi connectivity index (χ1) is 7.88. The van der Waals surface area contributed by atoms with Crippen LogP contribution in [0.5, 0.6) is 0 Å². The van der Waals surface area contributed by atoms with Crippen LogP contribution in [0.2, 0.25) is 0 Å². The van der Waals surface area contributed by atoms with E-state index < -0.39 is 11.2 Å². The van der Waals surface area contributed by atoms with E-state index in [9.17, 15) is 13.2 Å². The summed E-state index contributed by atoms with van der Waals surface area (Å²) in [5, 5.41) is 6.24. The zero-order valence-electron chi connectivity index (χ0n) is 9.24. The van der Waals surface area contributed by atoms with Crippen LogP contribution in [0.1, 0.15) is 24.8 Å². The summed E-state index contributed by atoms with van der Waals surface area (Å²) in [5.74, 6) is 0. The number of hydrogen-bond donors (Lipinski definition) is 1. The summed E-state index contributed by atoms with van der Waals surface area (Å²) in [6, 6.07) is 0.226. The van der Waals surface area contributed by atoms with Crippen LogP contribution >= 0.6 is 11.3 Å². The van der Waals surface area contributed by atoms with Crippen LogP contribution < -0.4 is 10.6 Å². The van der Waals surface area contributed by atoms with Crippen molar-refractivity contribution in [2.24, 2.45) is 5.73 Å². The third kappa shape index (κ3) is 2.68. The molecule has 4 nitrogen and oxygen atoms in total. The average molecular weight is 266 g/mol. The van der Waals surface area contributed by atoms with Gasteiger partial charge in [-0.3, -0.25) is 0 Å². The van der Waals surface area contributed by atoms with Gasteiger partial charge in [0.15, 0.2) is 0 Å². The largest absolute Gasteiger partial charge is 0.445 e. The molecule has 1 saturated heterocycles. The van der Waals surface area contributed by atoms with Gasteiger partial charge in [0, 0.05) is 18.6 Å². The Morgan fingerprint density at radius 1 is 1.41 bits per heavy atom. The summed E-state index contributed by atoms with van der Waals surface area (Å²) in [7, 11) is 0. The molecule has 2 N–H and O–H groups in total. The number of nitrogens with zero attached hydrogens (tertiary/aromatic N) is 3. The monoisotopic (exact) mass is 266 g/mol. The maximum absolute atomic E-state index is 12.4. The van der Waals surface area contributed by atoms with Crippen LogP contribution in [0.3, 0.4) is 0 Å². The normalized spacial score (nSPS) is 26.3. The maximum atomic E-state index is 12.4. The predicted molar refractivity (Wildman–Crippen MR) is 58.9 cm³/mol. The average Bonchev–Trinajstić information content (AvgIpc) is 2.65. The van der Waals surface area contributed by atoms with Crippen molar-refractivity contribution in [2.45, 2.75) is 38.0 Å². The van der Waals surface area contributed by atoms with Crippen LogP contribution in [0.4, 0.5) is 18.3 Å². The van der Waals surface area contributed by atoms with Gasteiger partial charge in [-0.1, -0.05) is 11.3 Å². The van der Waals surface area contributed by atoms with Crippen molar-refractivity contribution in [3.8, 4) is 0 Å². The second-order valence-corrected chi connectivity index (χ2v) is 5.17. The quantitative estimate of drug-likeness (QED) is 0.843. The lowest BCUT2D eigenvalue weighted by Crippen LogP contribution is -2.45. The Hall–Kier alpha value is -0.890. The van der Waals surface area contributed by atoms with E-state index in [1.807, 2.05) is 11.8 Å². The lowest BCUT2D eigenvalue weighted by molar-refractivity contribution is -0.138. The summed E-state index contributed by atoms with van der Waals surface area (Å²) in [4.78, 5) is 1.84. The molecule has 1 aliphatic rings. The van der Waals surface area contributed by atoms with Crippen molar-refractivity contribution < 1.29 is 13.2 Å². The zero-order chi connectivity index (χ0) is 12.6. The molecule has 1 fully saturated rings. The van der Waals surface area contributed by atoms with Crippen molar-refractivity contribution in [1.82, 2.24) is 10.2 Å². The second-order valence-electron chi connectivity index (χ2n) is 4.21. The SMILES string of the molecule is CC1CC(N)CCN1c1nnc(C(F)(F)F)s1. The van der Waals surface area contributed by atoms with E-state index in [1.54, 1.807) is 0 Å². The lowest BCUT2D eigenvalue weighted by atomic mass is 10.00. The van der Waals surface area contributed by atoms with E-state index in [1.165, 1.54) is 0 Å². The number of rotatable bonds is 1. The van der Waals surface area contributed by atoms with Gasteiger partial charge in [0.2, 0.25) is 10.1 Å². The Kier molecular flexibility index (Phi) is 3.26. The highest BCUT2D eigenvalue weighted by atomic mass is 32.1. The molecule has 2 rings (SSSR count). The first-order valence-electron chi connectivity index (χ1n) is 5.31. The summed E-state index contributed by atoms with van der Waals surface area (Å²) in [6.07, 6.45) is -2.88. The summed E-state index contributed by atoms with van der Waals surface area (Å²) >= 11 is 0.589. The second kappa shape index (κ2) is 4.41. The topological polar surface area (TPSA) is 55.0 Å².